The van der Waals surface area contributed by atoms with Crippen LogP contribution in [0.25, 0.3) is 0 Å². The highest BCUT2D eigenvalue weighted by molar-refractivity contribution is 5.35. The number of unbranched alkanes of at least 4 members (excludes halogenated alkanes) is 9. The van der Waals surface area contributed by atoms with Gasteiger partial charge in [0.25, 0.3) is 0 Å². The molecule has 0 heterocycles. The second kappa shape index (κ2) is 14.1. The minimum atomic E-state index is 0.341. The third-order valence-electron chi connectivity index (χ3n) is 4.62. The lowest BCUT2D eigenvalue weighted by Crippen LogP contribution is -1.97. The summed E-state index contributed by atoms with van der Waals surface area (Å²) in [5.41, 5.74) is 0. The Bertz CT molecular complexity index is 580. The Balaban J connectivity index is 1.46. The van der Waals surface area contributed by atoms with Gasteiger partial charge in [0, 0.05) is 6.61 Å². The fourth-order valence-electron chi connectivity index (χ4n) is 3.05. The van der Waals surface area contributed by atoms with Gasteiger partial charge in [-0.3, -0.25) is 0 Å². The quantitative estimate of drug-likeness (QED) is 0.352. The zero-order valence-corrected chi connectivity index (χ0v) is 16.4. The molecule has 0 saturated carbocycles. The van der Waals surface area contributed by atoms with E-state index >= 15 is 0 Å². The molecule has 3 nitrogen and oxygen atoms in total. The maximum atomic E-state index is 8.73. The largest absolute Gasteiger partial charge is 0.494 e. The lowest BCUT2D eigenvalue weighted by atomic mass is 10.1. The van der Waals surface area contributed by atoms with Crippen molar-refractivity contribution in [3.05, 3.63) is 54.6 Å². The molecule has 3 heteroatoms. The average Bonchev–Trinajstić information content (AvgIpc) is 2.71. The molecule has 0 saturated heterocycles. The number of aliphatic hydroxyl groups excluding tert-OH is 1. The smallest absolute Gasteiger partial charge is 0.127 e. The van der Waals surface area contributed by atoms with Crippen molar-refractivity contribution in [3.8, 4) is 17.2 Å². The predicted octanol–water partition coefficient (Wildman–Crippen LogP) is 6.75. The van der Waals surface area contributed by atoms with E-state index in [2.05, 4.69) is 0 Å². The summed E-state index contributed by atoms with van der Waals surface area (Å²) in [7, 11) is 0. The lowest BCUT2D eigenvalue weighted by Gasteiger charge is -2.08. The number of ether oxygens (including phenoxy) is 2. The molecule has 2 aromatic rings. The van der Waals surface area contributed by atoms with E-state index in [1.165, 1.54) is 51.4 Å². The molecule has 0 aliphatic heterocycles. The Morgan fingerprint density at radius 1 is 0.519 bits per heavy atom. The summed E-state index contributed by atoms with van der Waals surface area (Å²) in [4.78, 5) is 0. The Morgan fingerprint density at radius 2 is 1.00 bits per heavy atom. The number of benzene rings is 2. The van der Waals surface area contributed by atoms with Crippen molar-refractivity contribution in [1.82, 2.24) is 0 Å². The molecule has 0 aromatic heterocycles. The highest BCUT2D eigenvalue weighted by Gasteiger charge is 1.99. The first-order chi connectivity index (χ1) is 13.4. The average molecular weight is 371 g/mol. The second-order valence-corrected chi connectivity index (χ2v) is 6.99. The molecule has 2 rings (SSSR count). The van der Waals surface area contributed by atoms with Crippen molar-refractivity contribution < 1.29 is 14.6 Å². The first kappa shape index (κ1) is 21.3. The summed E-state index contributed by atoms with van der Waals surface area (Å²) < 4.78 is 11.6. The van der Waals surface area contributed by atoms with Crippen LogP contribution in [-0.4, -0.2) is 18.3 Å². The van der Waals surface area contributed by atoms with Crippen LogP contribution in [0.1, 0.15) is 64.2 Å². The van der Waals surface area contributed by atoms with E-state index in [1.807, 2.05) is 54.6 Å². The summed E-state index contributed by atoms with van der Waals surface area (Å²) in [5, 5.41) is 8.73. The van der Waals surface area contributed by atoms with Gasteiger partial charge in [-0.1, -0.05) is 69.6 Å². The van der Waals surface area contributed by atoms with Gasteiger partial charge in [0.05, 0.1) is 6.61 Å². The van der Waals surface area contributed by atoms with Crippen molar-refractivity contribution in [2.45, 2.75) is 64.2 Å². The standard InChI is InChI=1S/C24H34O3/c25-20-12-7-5-3-1-2-4-6-8-13-21-26-22-16-18-24(19-17-22)27-23-14-10-9-11-15-23/h9-11,14-19,25H,1-8,12-13,20-21H2. The molecule has 0 fully saturated rings. The molecular weight excluding hydrogens is 336 g/mol. The van der Waals surface area contributed by atoms with Crippen molar-refractivity contribution in [3.63, 3.8) is 0 Å². The molecule has 0 aliphatic rings. The van der Waals surface area contributed by atoms with E-state index < -0.39 is 0 Å². The predicted molar refractivity (Wildman–Crippen MR) is 112 cm³/mol. The van der Waals surface area contributed by atoms with Gasteiger partial charge in [0.1, 0.15) is 17.2 Å². The Morgan fingerprint density at radius 3 is 1.59 bits per heavy atom. The Kier molecular flexibility index (Phi) is 11.1. The first-order valence-corrected chi connectivity index (χ1v) is 10.4. The van der Waals surface area contributed by atoms with Gasteiger partial charge < -0.3 is 14.6 Å². The van der Waals surface area contributed by atoms with Crippen LogP contribution in [0, 0.1) is 0 Å². The third-order valence-corrected chi connectivity index (χ3v) is 4.62. The molecular formula is C24H34O3. The summed E-state index contributed by atoms with van der Waals surface area (Å²) in [5.74, 6) is 2.57. The van der Waals surface area contributed by atoms with Gasteiger partial charge in [-0.15, -0.1) is 0 Å². The van der Waals surface area contributed by atoms with Gasteiger partial charge in [0.2, 0.25) is 0 Å². The Labute approximate surface area is 164 Å². The zero-order chi connectivity index (χ0) is 19.0. The number of rotatable bonds is 15. The highest BCUT2D eigenvalue weighted by atomic mass is 16.5. The summed E-state index contributed by atoms with van der Waals surface area (Å²) in [6, 6.07) is 17.6. The van der Waals surface area contributed by atoms with E-state index in [1.54, 1.807) is 0 Å². The van der Waals surface area contributed by atoms with Gasteiger partial charge in [-0.05, 0) is 49.2 Å². The van der Waals surface area contributed by atoms with Crippen molar-refractivity contribution in [1.29, 1.82) is 0 Å². The zero-order valence-electron chi connectivity index (χ0n) is 16.4. The van der Waals surface area contributed by atoms with E-state index in [9.17, 15) is 0 Å². The molecule has 0 amide bonds. The van der Waals surface area contributed by atoms with Crippen LogP contribution in [0.4, 0.5) is 0 Å². The van der Waals surface area contributed by atoms with Gasteiger partial charge in [-0.25, -0.2) is 0 Å². The fraction of sp³-hybridized carbons (Fsp3) is 0.500. The van der Waals surface area contributed by atoms with Crippen LogP contribution >= 0.6 is 0 Å². The molecule has 1 N–H and O–H groups in total. The third kappa shape index (κ3) is 10.0. The van der Waals surface area contributed by atoms with Gasteiger partial charge >= 0.3 is 0 Å². The van der Waals surface area contributed by atoms with Crippen LogP contribution in [0.2, 0.25) is 0 Å². The van der Waals surface area contributed by atoms with E-state index in [0.29, 0.717) is 6.61 Å². The SMILES string of the molecule is OCCCCCCCCCCCCOc1ccc(Oc2ccccc2)cc1. The minimum Gasteiger partial charge on any atom is -0.494 e. The van der Waals surface area contributed by atoms with Crippen LogP contribution < -0.4 is 9.47 Å². The van der Waals surface area contributed by atoms with E-state index in [-0.39, 0.29) is 0 Å². The molecule has 0 bridgehead atoms. The second-order valence-electron chi connectivity index (χ2n) is 6.99. The summed E-state index contributed by atoms with van der Waals surface area (Å²) in [6.07, 6.45) is 12.3. The molecule has 27 heavy (non-hydrogen) atoms. The van der Waals surface area contributed by atoms with E-state index in [4.69, 9.17) is 14.6 Å². The monoisotopic (exact) mass is 370 g/mol. The summed E-state index contributed by atoms with van der Waals surface area (Å²) >= 11 is 0. The molecule has 148 valence electrons. The number of para-hydroxylation sites is 1. The molecule has 0 atom stereocenters. The topological polar surface area (TPSA) is 38.7 Å². The first-order valence-electron chi connectivity index (χ1n) is 10.4. The molecule has 0 aliphatic carbocycles. The van der Waals surface area contributed by atoms with Crippen LogP contribution in [0.3, 0.4) is 0 Å². The van der Waals surface area contributed by atoms with Crippen LogP contribution in [0.5, 0.6) is 17.2 Å². The fourth-order valence-corrected chi connectivity index (χ4v) is 3.05. The van der Waals surface area contributed by atoms with Crippen molar-refractivity contribution in [2.24, 2.45) is 0 Å². The molecule has 2 aromatic carbocycles. The Hall–Kier alpha value is -2.00. The number of hydrogen-bond acceptors (Lipinski definition) is 3. The number of aliphatic hydroxyl groups is 1. The molecule has 0 spiro atoms. The van der Waals surface area contributed by atoms with Crippen molar-refractivity contribution in [2.75, 3.05) is 13.2 Å². The van der Waals surface area contributed by atoms with Crippen LogP contribution in [0.15, 0.2) is 54.6 Å². The maximum absolute atomic E-state index is 8.73. The number of hydrogen-bond donors (Lipinski definition) is 1. The maximum Gasteiger partial charge on any atom is 0.127 e. The highest BCUT2D eigenvalue weighted by Crippen LogP contribution is 2.23. The lowest BCUT2D eigenvalue weighted by molar-refractivity contribution is 0.282. The molecule has 0 unspecified atom stereocenters. The minimum absolute atomic E-state index is 0.341. The molecule has 0 radical (unpaired) electrons. The van der Waals surface area contributed by atoms with Crippen molar-refractivity contribution >= 4 is 0 Å². The van der Waals surface area contributed by atoms with Gasteiger partial charge in [0.15, 0.2) is 0 Å². The van der Waals surface area contributed by atoms with E-state index in [0.717, 1.165) is 36.7 Å². The normalized spacial score (nSPS) is 10.7. The van der Waals surface area contributed by atoms with Crippen LogP contribution in [-0.2, 0) is 0 Å². The summed E-state index contributed by atoms with van der Waals surface area (Å²) in [6.45, 7) is 1.12. The van der Waals surface area contributed by atoms with Gasteiger partial charge in [-0.2, -0.15) is 0 Å².